The van der Waals surface area contributed by atoms with E-state index in [0.29, 0.717) is 28.8 Å². The molecule has 1 aromatic heterocycles. The fraction of sp³-hybridized carbons (Fsp3) is 0.296. The van der Waals surface area contributed by atoms with Gasteiger partial charge < -0.3 is 14.6 Å². The molecule has 0 aliphatic heterocycles. The molecule has 1 atom stereocenters. The van der Waals surface area contributed by atoms with Crippen LogP contribution >= 0.6 is 0 Å². The molecule has 0 bridgehead atoms. The highest BCUT2D eigenvalue weighted by Gasteiger charge is 2.27. The number of carbonyl (C=O) groups is 2. The van der Waals surface area contributed by atoms with Crippen LogP contribution in [0, 0.1) is 29.9 Å². The third-order valence-corrected chi connectivity index (χ3v) is 6.08. The number of hydrogen-bond donors (Lipinski definition) is 1. The van der Waals surface area contributed by atoms with E-state index in [2.05, 4.69) is 5.32 Å². The quantitative estimate of drug-likeness (QED) is 0.452. The van der Waals surface area contributed by atoms with Crippen LogP contribution in [0.1, 0.15) is 40.5 Å². The van der Waals surface area contributed by atoms with Gasteiger partial charge >= 0.3 is 11.7 Å². The van der Waals surface area contributed by atoms with Gasteiger partial charge in [0.25, 0.3) is 11.5 Å². The van der Waals surface area contributed by atoms with Crippen LogP contribution in [0.15, 0.2) is 46.0 Å². The summed E-state index contributed by atoms with van der Waals surface area (Å²) in [6.07, 6.45) is 0.451. The number of esters is 1. The molecule has 0 saturated heterocycles. The van der Waals surface area contributed by atoms with E-state index in [-0.39, 0.29) is 18.6 Å². The summed E-state index contributed by atoms with van der Waals surface area (Å²) < 4.78 is 36.3. The number of halogens is 2. The van der Waals surface area contributed by atoms with Gasteiger partial charge in [-0.05, 0) is 36.6 Å². The minimum atomic E-state index is -1.28. The highest BCUT2D eigenvalue weighted by molar-refractivity contribution is 5.97. The van der Waals surface area contributed by atoms with Gasteiger partial charge in [0, 0.05) is 26.2 Å². The summed E-state index contributed by atoms with van der Waals surface area (Å²) >= 11 is 0. The number of nitrogens with zero attached hydrogens (tertiary/aromatic N) is 3. The fourth-order valence-corrected chi connectivity index (χ4v) is 3.90. The van der Waals surface area contributed by atoms with Crippen molar-refractivity contribution in [2.24, 2.45) is 14.1 Å². The Morgan fingerprint density at radius 1 is 1.08 bits per heavy atom. The van der Waals surface area contributed by atoms with E-state index in [0.717, 1.165) is 16.7 Å². The average molecular weight is 525 g/mol. The molecule has 3 aromatic rings. The Labute approximate surface area is 216 Å². The van der Waals surface area contributed by atoms with E-state index in [4.69, 9.17) is 10.00 Å². The topological polar surface area (TPSA) is 123 Å². The molecule has 0 spiro atoms. The normalized spacial score (nSPS) is 11.5. The number of nitriles is 1. The van der Waals surface area contributed by atoms with Crippen molar-refractivity contribution < 1.29 is 23.1 Å². The molecule has 0 unspecified atom stereocenters. The first-order valence-electron chi connectivity index (χ1n) is 11.7. The number of amides is 1. The largest absolute Gasteiger partial charge is 0.464 e. The van der Waals surface area contributed by atoms with Crippen LogP contribution in [0.5, 0.6) is 0 Å². The molecule has 3 rings (SSSR count). The smallest absolute Gasteiger partial charge is 0.330 e. The predicted molar refractivity (Wildman–Crippen MR) is 134 cm³/mol. The summed E-state index contributed by atoms with van der Waals surface area (Å²) in [6.45, 7) is 3.52. The maximum Gasteiger partial charge on any atom is 0.330 e. The highest BCUT2D eigenvalue weighted by Crippen LogP contribution is 2.20. The fourth-order valence-electron chi connectivity index (χ4n) is 3.90. The Morgan fingerprint density at radius 2 is 1.68 bits per heavy atom. The van der Waals surface area contributed by atoms with E-state index >= 15 is 0 Å². The van der Waals surface area contributed by atoms with Crippen LogP contribution in [0.2, 0.25) is 0 Å². The Hall–Kier alpha value is -4.59. The molecular weight excluding hydrogens is 498 g/mol. The van der Waals surface area contributed by atoms with Gasteiger partial charge in [0.1, 0.15) is 23.2 Å². The molecule has 0 saturated carbocycles. The summed E-state index contributed by atoms with van der Waals surface area (Å²) in [6, 6.07) is 8.32. The number of aromatic nitrogens is 2. The molecule has 38 heavy (non-hydrogen) atoms. The van der Waals surface area contributed by atoms with Gasteiger partial charge in [-0.2, -0.15) is 5.26 Å². The molecule has 198 valence electrons. The molecule has 1 heterocycles. The maximum atomic E-state index is 14.4. The lowest BCUT2D eigenvalue weighted by Gasteiger charge is -2.19. The van der Waals surface area contributed by atoms with Crippen molar-refractivity contribution in [2.75, 3.05) is 6.61 Å². The van der Waals surface area contributed by atoms with Gasteiger partial charge in [0.15, 0.2) is 0 Å². The molecule has 9 nitrogen and oxygen atoms in total. The van der Waals surface area contributed by atoms with Crippen LogP contribution in [-0.2, 0) is 30.0 Å². The molecular formula is C27H26F2N4O5. The number of carbonyl (C=O) groups excluding carboxylic acids is 2. The second kappa shape index (κ2) is 11.6. The Balaban J connectivity index is 1.91. The van der Waals surface area contributed by atoms with Crippen LogP contribution in [0.4, 0.5) is 8.78 Å². The minimum Gasteiger partial charge on any atom is -0.464 e. The van der Waals surface area contributed by atoms with E-state index in [1.807, 2.05) is 0 Å². The SMILES string of the molecule is CCCOC(=O)[C@H](Cc1ccc(-c2c(C)n(C)c(=O)n(C)c2=O)cc1)NC(=O)c1c(F)cc(C#N)cc1F. The van der Waals surface area contributed by atoms with Crippen molar-refractivity contribution in [3.63, 3.8) is 0 Å². The zero-order valence-corrected chi connectivity index (χ0v) is 21.3. The van der Waals surface area contributed by atoms with Gasteiger partial charge in [-0.1, -0.05) is 31.2 Å². The van der Waals surface area contributed by atoms with Crippen LogP contribution in [-0.4, -0.2) is 33.7 Å². The van der Waals surface area contributed by atoms with Crippen molar-refractivity contribution in [1.29, 1.82) is 5.26 Å². The third kappa shape index (κ3) is 5.70. The number of rotatable bonds is 8. The number of ether oxygens (including phenoxy) is 1. The summed E-state index contributed by atoms with van der Waals surface area (Å²) in [7, 11) is 2.94. The minimum absolute atomic E-state index is 0.0711. The molecule has 11 heteroatoms. The Kier molecular flexibility index (Phi) is 8.57. The lowest BCUT2D eigenvalue weighted by atomic mass is 10.00. The van der Waals surface area contributed by atoms with Gasteiger partial charge in [-0.25, -0.2) is 18.4 Å². The third-order valence-electron chi connectivity index (χ3n) is 6.08. The first-order valence-corrected chi connectivity index (χ1v) is 11.7. The zero-order chi connectivity index (χ0) is 28.1. The second-order valence-corrected chi connectivity index (χ2v) is 8.69. The van der Waals surface area contributed by atoms with Crippen LogP contribution < -0.4 is 16.6 Å². The second-order valence-electron chi connectivity index (χ2n) is 8.69. The van der Waals surface area contributed by atoms with E-state index in [1.54, 1.807) is 51.2 Å². The molecule has 2 aromatic carbocycles. The number of hydrogen-bond acceptors (Lipinski definition) is 6. The number of nitrogens with one attached hydrogen (secondary N) is 1. The zero-order valence-electron chi connectivity index (χ0n) is 21.3. The van der Waals surface area contributed by atoms with Gasteiger partial charge in [0.05, 0.1) is 23.8 Å². The van der Waals surface area contributed by atoms with Crippen LogP contribution in [0.25, 0.3) is 11.1 Å². The van der Waals surface area contributed by atoms with Gasteiger partial charge in [0.2, 0.25) is 0 Å². The van der Waals surface area contributed by atoms with E-state index in [9.17, 15) is 28.0 Å². The molecule has 0 aliphatic carbocycles. The summed E-state index contributed by atoms with van der Waals surface area (Å²) in [5.74, 6) is -4.44. The molecule has 1 N–H and O–H groups in total. The highest BCUT2D eigenvalue weighted by atomic mass is 19.1. The predicted octanol–water partition coefficient (Wildman–Crippen LogP) is 2.50. The van der Waals surface area contributed by atoms with Crippen molar-refractivity contribution in [2.45, 2.75) is 32.7 Å². The lowest BCUT2D eigenvalue weighted by Crippen LogP contribution is -2.44. The van der Waals surface area contributed by atoms with Crippen molar-refractivity contribution in [3.05, 3.63) is 91.3 Å². The van der Waals surface area contributed by atoms with E-state index in [1.165, 1.54) is 11.6 Å². The van der Waals surface area contributed by atoms with Crippen LogP contribution in [0.3, 0.4) is 0 Å². The first kappa shape index (κ1) is 28.0. The molecule has 0 aliphatic rings. The van der Waals surface area contributed by atoms with Crippen molar-refractivity contribution in [3.8, 4) is 17.2 Å². The maximum absolute atomic E-state index is 14.4. The standard InChI is InChI=1S/C27H26F2N4O5/c1-5-10-38-26(36)21(31-24(34)23-19(28)11-17(14-30)12-20(23)29)13-16-6-8-18(9-7-16)22-15(2)32(3)27(37)33(4)25(22)35/h6-9,11-12,21H,5,10,13H2,1-4H3,(H,31,34)/t21-/m0/s1. The Morgan fingerprint density at radius 3 is 2.24 bits per heavy atom. The first-order chi connectivity index (χ1) is 18.0. The average Bonchev–Trinajstić information content (AvgIpc) is 2.89. The molecule has 0 fully saturated rings. The van der Waals surface area contributed by atoms with Gasteiger partial charge in [-0.15, -0.1) is 0 Å². The summed E-state index contributed by atoms with van der Waals surface area (Å²) in [5, 5.41) is 11.2. The summed E-state index contributed by atoms with van der Waals surface area (Å²) in [4.78, 5) is 50.3. The van der Waals surface area contributed by atoms with Gasteiger partial charge in [-0.3, -0.25) is 14.2 Å². The lowest BCUT2D eigenvalue weighted by molar-refractivity contribution is -0.145. The molecule has 0 radical (unpaired) electrons. The Bertz CT molecular complexity index is 1530. The molecule has 1 amide bonds. The van der Waals surface area contributed by atoms with Crippen molar-refractivity contribution in [1.82, 2.24) is 14.5 Å². The van der Waals surface area contributed by atoms with E-state index < -0.39 is 46.4 Å². The van der Waals surface area contributed by atoms with Crippen molar-refractivity contribution >= 4 is 11.9 Å². The summed E-state index contributed by atoms with van der Waals surface area (Å²) in [5.41, 5.74) is -0.213. The number of benzene rings is 2. The monoisotopic (exact) mass is 524 g/mol.